The highest BCUT2D eigenvalue weighted by Gasteiger charge is 1.96. The van der Waals surface area contributed by atoms with Crippen LogP contribution in [-0.2, 0) is 0 Å². The van der Waals surface area contributed by atoms with Gasteiger partial charge >= 0.3 is 0 Å². The monoisotopic (exact) mass is 170 g/mol. The van der Waals surface area contributed by atoms with Crippen molar-refractivity contribution in [2.75, 3.05) is 0 Å². The van der Waals surface area contributed by atoms with Crippen molar-refractivity contribution >= 4 is 0 Å². The zero-order valence-corrected chi connectivity index (χ0v) is 7.49. The second-order valence-electron chi connectivity index (χ2n) is 3.01. The Hall–Kier alpha value is -1.63. The minimum atomic E-state index is 0.519. The van der Waals surface area contributed by atoms with Gasteiger partial charge in [-0.1, -0.05) is 30.3 Å². The third-order valence-corrected chi connectivity index (χ3v) is 1.92. The van der Waals surface area contributed by atoms with Crippen LogP contribution < -0.4 is 0 Å². The Kier molecular flexibility index (Phi) is 1.79. The number of rotatable bonds is 1. The zero-order chi connectivity index (χ0) is 9.97. The molecule has 13 heavy (non-hydrogen) atoms. The van der Waals surface area contributed by atoms with Gasteiger partial charge in [0.25, 0.3) is 0 Å². The number of pyridine rings is 1. The highest BCUT2D eigenvalue weighted by atomic mass is 14.7. The molecule has 0 bridgehead atoms. The lowest BCUT2D eigenvalue weighted by molar-refractivity contribution is 1.29. The first-order chi connectivity index (χ1) is 6.75. The summed E-state index contributed by atoms with van der Waals surface area (Å²) in [5.74, 6) is 0. The first-order valence-corrected chi connectivity index (χ1v) is 4.25. The second kappa shape index (κ2) is 3.40. The summed E-state index contributed by atoms with van der Waals surface area (Å²) in [6, 6.07) is 11.9. The highest BCUT2D eigenvalue weighted by molar-refractivity contribution is 5.59. The maximum absolute atomic E-state index is 7.51. The summed E-state index contributed by atoms with van der Waals surface area (Å²) in [4.78, 5) is 4.27. The maximum Gasteiger partial charge on any atom is 0.0704 e. The van der Waals surface area contributed by atoms with Gasteiger partial charge in [0.1, 0.15) is 0 Å². The molecule has 1 aromatic carbocycles. The lowest BCUT2D eigenvalue weighted by atomic mass is 10.1. The number of nitrogens with zero attached hydrogens (tertiary/aromatic N) is 1. The molecule has 64 valence electrons. The number of aryl methyl sites for hydroxylation is 1. The lowest BCUT2D eigenvalue weighted by Crippen LogP contribution is -1.82. The van der Waals surface area contributed by atoms with Crippen LogP contribution in [0.5, 0.6) is 0 Å². The molecule has 2 rings (SSSR count). The molecule has 0 spiro atoms. The number of aromatic nitrogens is 1. The molecule has 0 unspecified atom stereocenters. The van der Waals surface area contributed by atoms with Gasteiger partial charge in [0.15, 0.2) is 0 Å². The topological polar surface area (TPSA) is 12.9 Å². The van der Waals surface area contributed by atoms with Gasteiger partial charge in [-0.25, -0.2) is 0 Å². The van der Waals surface area contributed by atoms with Crippen LogP contribution >= 0.6 is 0 Å². The van der Waals surface area contributed by atoms with Gasteiger partial charge in [-0.05, 0) is 24.6 Å². The van der Waals surface area contributed by atoms with Crippen LogP contribution in [0.3, 0.4) is 0 Å². The van der Waals surface area contributed by atoms with E-state index in [4.69, 9.17) is 1.37 Å². The maximum atomic E-state index is 7.51. The molecule has 0 aliphatic carbocycles. The van der Waals surface area contributed by atoms with Crippen LogP contribution in [0, 0.1) is 6.92 Å². The molecule has 0 saturated heterocycles. The largest absolute Gasteiger partial charge is 0.256 e. The van der Waals surface area contributed by atoms with E-state index in [2.05, 4.69) is 4.98 Å². The highest BCUT2D eigenvalue weighted by Crippen LogP contribution is 2.16. The molecule has 0 aliphatic heterocycles. The van der Waals surface area contributed by atoms with Crippen LogP contribution in [0.4, 0.5) is 0 Å². The van der Waals surface area contributed by atoms with E-state index in [0.717, 1.165) is 11.3 Å². The summed E-state index contributed by atoms with van der Waals surface area (Å²) in [5, 5.41) is 0. The van der Waals surface area contributed by atoms with Crippen LogP contribution in [-0.4, -0.2) is 4.98 Å². The molecule has 1 nitrogen and oxygen atoms in total. The van der Waals surface area contributed by atoms with Crippen molar-refractivity contribution in [2.45, 2.75) is 6.92 Å². The minimum Gasteiger partial charge on any atom is -0.256 e. The molecule has 1 heterocycles. The van der Waals surface area contributed by atoms with E-state index in [9.17, 15) is 0 Å². The summed E-state index contributed by atoms with van der Waals surface area (Å²) in [6.07, 6.45) is 1.79. The molecule has 0 aliphatic rings. The molecule has 0 amide bonds. The van der Waals surface area contributed by atoms with Crippen molar-refractivity contribution in [1.29, 1.82) is 0 Å². The molecule has 0 radical (unpaired) electrons. The summed E-state index contributed by atoms with van der Waals surface area (Å²) in [6.45, 7) is 2.04. The molecular formula is C12H11N. The van der Waals surface area contributed by atoms with Crippen LogP contribution in [0.25, 0.3) is 11.3 Å². The van der Waals surface area contributed by atoms with Gasteiger partial charge in [-0.2, -0.15) is 0 Å². The van der Waals surface area contributed by atoms with E-state index in [-0.39, 0.29) is 0 Å². The standard InChI is InChI=1S/C12H11N/c1-10-7-8-13-12(9-10)11-5-3-2-4-6-11/h2-9H,1H3/i3D. The van der Waals surface area contributed by atoms with E-state index < -0.39 is 0 Å². The Balaban J connectivity index is 2.49. The van der Waals surface area contributed by atoms with E-state index in [0.29, 0.717) is 6.04 Å². The molecular weight excluding hydrogens is 158 g/mol. The average Bonchev–Trinajstić information content (AvgIpc) is 2.18. The summed E-state index contributed by atoms with van der Waals surface area (Å²) >= 11 is 0. The van der Waals surface area contributed by atoms with Crippen molar-refractivity contribution in [3.8, 4) is 11.3 Å². The summed E-state index contributed by atoms with van der Waals surface area (Å²) in [5.41, 5.74) is 3.12. The van der Waals surface area contributed by atoms with Gasteiger partial charge < -0.3 is 0 Å². The van der Waals surface area contributed by atoms with Crippen molar-refractivity contribution < 1.29 is 1.37 Å². The van der Waals surface area contributed by atoms with E-state index >= 15 is 0 Å². The third kappa shape index (κ3) is 1.75. The van der Waals surface area contributed by atoms with Gasteiger partial charge in [-0.3, -0.25) is 4.98 Å². The Labute approximate surface area is 79.5 Å². The lowest BCUT2D eigenvalue weighted by Gasteiger charge is -2.00. The molecule has 0 fully saturated rings. The SMILES string of the molecule is [2H]c1cccc(-c2cc(C)ccn2)c1. The van der Waals surface area contributed by atoms with Crippen molar-refractivity contribution in [2.24, 2.45) is 0 Å². The molecule has 1 aromatic heterocycles. The Morgan fingerprint density at radius 2 is 2.15 bits per heavy atom. The van der Waals surface area contributed by atoms with Gasteiger partial charge in [0, 0.05) is 11.8 Å². The van der Waals surface area contributed by atoms with E-state index in [1.807, 2.05) is 37.3 Å². The first kappa shape index (κ1) is 6.84. The molecule has 2 aromatic rings. The van der Waals surface area contributed by atoms with E-state index in [1.54, 1.807) is 12.3 Å². The van der Waals surface area contributed by atoms with Gasteiger partial charge in [0.2, 0.25) is 0 Å². The Bertz CT molecular complexity index is 408. The van der Waals surface area contributed by atoms with Crippen LogP contribution in [0.1, 0.15) is 6.93 Å². The fourth-order valence-electron chi connectivity index (χ4n) is 1.25. The smallest absolute Gasteiger partial charge is 0.0704 e. The molecule has 0 atom stereocenters. The quantitative estimate of drug-likeness (QED) is 0.641. The van der Waals surface area contributed by atoms with Crippen LogP contribution in [0.2, 0.25) is 0 Å². The minimum absolute atomic E-state index is 0.519. The van der Waals surface area contributed by atoms with Crippen molar-refractivity contribution in [3.63, 3.8) is 0 Å². The fourth-order valence-corrected chi connectivity index (χ4v) is 1.25. The van der Waals surface area contributed by atoms with Gasteiger partial charge in [-0.15, -0.1) is 0 Å². The average molecular weight is 170 g/mol. The third-order valence-electron chi connectivity index (χ3n) is 1.92. The molecule has 1 heteroatoms. The van der Waals surface area contributed by atoms with Crippen LogP contribution in [0.15, 0.2) is 48.6 Å². The predicted octanol–water partition coefficient (Wildman–Crippen LogP) is 3.06. The fraction of sp³-hybridized carbons (Fsp3) is 0.0833. The molecule has 0 N–H and O–H groups in total. The number of benzene rings is 1. The number of hydrogen-bond acceptors (Lipinski definition) is 1. The number of hydrogen-bond donors (Lipinski definition) is 0. The van der Waals surface area contributed by atoms with Crippen molar-refractivity contribution in [1.82, 2.24) is 4.98 Å². The summed E-state index contributed by atoms with van der Waals surface area (Å²) < 4.78 is 7.51. The Morgan fingerprint density at radius 3 is 2.92 bits per heavy atom. The van der Waals surface area contributed by atoms with Crippen molar-refractivity contribution in [3.05, 3.63) is 54.2 Å². The predicted molar refractivity (Wildman–Crippen MR) is 54.4 cm³/mol. The normalized spacial score (nSPS) is 11.0. The molecule has 0 saturated carbocycles. The second-order valence-corrected chi connectivity index (χ2v) is 3.01. The first-order valence-electron chi connectivity index (χ1n) is 4.75. The van der Waals surface area contributed by atoms with Gasteiger partial charge in [0.05, 0.1) is 7.06 Å². The zero-order valence-electron chi connectivity index (χ0n) is 8.49. The van der Waals surface area contributed by atoms with E-state index in [1.165, 1.54) is 5.56 Å². The summed E-state index contributed by atoms with van der Waals surface area (Å²) in [7, 11) is 0. The Morgan fingerprint density at radius 1 is 1.23 bits per heavy atom.